The molecule has 0 heterocycles. The molecule has 1 aromatic rings. The van der Waals surface area contributed by atoms with Gasteiger partial charge in [0.05, 0.1) is 17.7 Å². The van der Waals surface area contributed by atoms with Crippen molar-refractivity contribution in [1.29, 1.82) is 0 Å². The van der Waals surface area contributed by atoms with Gasteiger partial charge in [-0.15, -0.1) is 0 Å². The van der Waals surface area contributed by atoms with Crippen LogP contribution >= 0.6 is 0 Å². The molecule has 2 amide bonds. The van der Waals surface area contributed by atoms with E-state index in [-0.39, 0.29) is 30.4 Å². The van der Waals surface area contributed by atoms with Gasteiger partial charge in [-0.1, -0.05) is 26.0 Å². The maximum absolute atomic E-state index is 11.9. The van der Waals surface area contributed by atoms with Crippen molar-refractivity contribution in [3.63, 3.8) is 0 Å². The molecule has 0 aliphatic carbocycles. The SMILES string of the molecule is CCC(CC)(CO)NC(=O)COc1ccccc1C(N)=O. The van der Waals surface area contributed by atoms with Crippen LogP contribution in [0, 0.1) is 0 Å². The third-order valence-electron chi connectivity index (χ3n) is 3.57. The average Bonchev–Trinajstić information content (AvgIpc) is 2.51. The molecule has 0 saturated carbocycles. The highest BCUT2D eigenvalue weighted by Crippen LogP contribution is 2.17. The first-order chi connectivity index (χ1) is 9.98. The lowest BCUT2D eigenvalue weighted by Crippen LogP contribution is -2.51. The molecule has 0 radical (unpaired) electrons. The van der Waals surface area contributed by atoms with Gasteiger partial charge in [0, 0.05) is 0 Å². The van der Waals surface area contributed by atoms with E-state index in [4.69, 9.17) is 10.5 Å². The first-order valence-corrected chi connectivity index (χ1v) is 6.91. The second-order valence-electron chi connectivity index (χ2n) is 4.84. The van der Waals surface area contributed by atoms with Crippen molar-refractivity contribution >= 4 is 11.8 Å². The van der Waals surface area contributed by atoms with Gasteiger partial charge in [0.25, 0.3) is 11.8 Å². The van der Waals surface area contributed by atoms with Crippen LogP contribution in [-0.2, 0) is 4.79 Å². The standard InChI is InChI=1S/C15H22N2O4/c1-3-15(4-2,10-18)17-13(19)9-21-12-8-6-5-7-11(12)14(16)20/h5-8,18H,3-4,9-10H2,1-2H3,(H2,16,20)(H,17,19). The molecule has 6 nitrogen and oxygen atoms in total. The number of hydrogen-bond donors (Lipinski definition) is 3. The second kappa shape index (κ2) is 7.64. The van der Waals surface area contributed by atoms with E-state index in [1.165, 1.54) is 6.07 Å². The molecule has 0 spiro atoms. The van der Waals surface area contributed by atoms with E-state index >= 15 is 0 Å². The maximum Gasteiger partial charge on any atom is 0.258 e. The maximum atomic E-state index is 11.9. The molecule has 21 heavy (non-hydrogen) atoms. The largest absolute Gasteiger partial charge is 0.483 e. The Bertz CT molecular complexity index is 490. The average molecular weight is 294 g/mol. The number of aliphatic hydroxyl groups excluding tert-OH is 1. The van der Waals surface area contributed by atoms with Crippen molar-refractivity contribution in [2.24, 2.45) is 5.73 Å². The summed E-state index contributed by atoms with van der Waals surface area (Å²) in [5.41, 5.74) is 4.83. The zero-order chi connectivity index (χ0) is 15.9. The van der Waals surface area contributed by atoms with Crippen LogP contribution in [0.2, 0.25) is 0 Å². The summed E-state index contributed by atoms with van der Waals surface area (Å²) in [5.74, 6) is -0.701. The monoisotopic (exact) mass is 294 g/mol. The van der Waals surface area contributed by atoms with Crippen molar-refractivity contribution in [3.05, 3.63) is 29.8 Å². The Hall–Kier alpha value is -2.08. The molecule has 0 aliphatic rings. The number of nitrogens with two attached hydrogens (primary N) is 1. The first-order valence-electron chi connectivity index (χ1n) is 6.91. The van der Waals surface area contributed by atoms with Crippen LogP contribution in [0.3, 0.4) is 0 Å². The van der Waals surface area contributed by atoms with Gasteiger partial charge in [0.2, 0.25) is 0 Å². The highest BCUT2D eigenvalue weighted by atomic mass is 16.5. The number of para-hydroxylation sites is 1. The van der Waals surface area contributed by atoms with Crippen LogP contribution < -0.4 is 15.8 Å². The predicted octanol–water partition coefficient (Wildman–Crippen LogP) is 0.832. The van der Waals surface area contributed by atoms with E-state index in [2.05, 4.69) is 5.32 Å². The van der Waals surface area contributed by atoms with E-state index in [1.54, 1.807) is 18.2 Å². The second-order valence-corrected chi connectivity index (χ2v) is 4.84. The Kier molecular flexibility index (Phi) is 6.17. The van der Waals surface area contributed by atoms with Gasteiger partial charge in [-0.3, -0.25) is 9.59 Å². The minimum Gasteiger partial charge on any atom is -0.483 e. The molecule has 0 unspecified atom stereocenters. The quantitative estimate of drug-likeness (QED) is 0.661. The van der Waals surface area contributed by atoms with Crippen LogP contribution in [0.5, 0.6) is 5.75 Å². The minimum absolute atomic E-state index is 0.135. The van der Waals surface area contributed by atoms with Crippen LogP contribution in [-0.4, -0.2) is 35.7 Å². The molecule has 6 heteroatoms. The van der Waals surface area contributed by atoms with E-state index in [0.717, 1.165) is 0 Å². The molecule has 0 aromatic heterocycles. The van der Waals surface area contributed by atoms with Crippen molar-refractivity contribution in [2.75, 3.05) is 13.2 Å². The number of nitrogens with one attached hydrogen (secondary N) is 1. The Morgan fingerprint density at radius 2 is 1.90 bits per heavy atom. The fourth-order valence-corrected chi connectivity index (χ4v) is 1.96. The molecule has 1 rings (SSSR count). The number of primary amides is 1. The molecule has 116 valence electrons. The van der Waals surface area contributed by atoms with Crippen molar-refractivity contribution < 1.29 is 19.4 Å². The summed E-state index contributed by atoms with van der Waals surface area (Å²) in [6.07, 6.45) is 1.23. The Morgan fingerprint density at radius 3 is 2.43 bits per heavy atom. The van der Waals surface area contributed by atoms with Gasteiger partial charge in [0.1, 0.15) is 5.75 Å². The Morgan fingerprint density at radius 1 is 1.29 bits per heavy atom. The zero-order valence-electron chi connectivity index (χ0n) is 12.4. The van der Waals surface area contributed by atoms with E-state index in [9.17, 15) is 14.7 Å². The Labute approximate surface area is 124 Å². The smallest absolute Gasteiger partial charge is 0.258 e. The molecule has 1 aromatic carbocycles. The molecule has 0 bridgehead atoms. The fourth-order valence-electron chi connectivity index (χ4n) is 1.96. The van der Waals surface area contributed by atoms with Gasteiger partial charge in [0.15, 0.2) is 6.61 Å². The van der Waals surface area contributed by atoms with E-state index in [0.29, 0.717) is 12.8 Å². The lowest BCUT2D eigenvalue weighted by Gasteiger charge is -2.30. The highest BCUT2D eigenvalue weighted by molar-refractivity contribution is 5.95. The number of ether oxygens (including phenoxy) is 1. The number of carbonyl (C=O) groups excluding carboxylic acids is 2. The summed E-state index contributed by atoms with van der Waals surface area (Å²) in [5, 5.41) is 12.2. The third-order valence-corrected chi connectivity index (χ3v) is 3.57. The number of hydrogen-bond acceptors (Lipinski definition) is 4. The summed E-state index contributed by atoms with van der Waals surface area (Å²) < 4.78 is 5.35. The zero-order valence-corrected chi connectivity index (χ0v) is 12.4. The normalized spacial score (nSPS) is 11.0. The first kappa shape index (κ1) is 17.0. The molecule has 4 N–H and O–H groups in total. The van der Waals surface area contributed by atoms with Gasteiger partial charge >= 0.3 is 0 Å². The summed E-state index contributed by atoms with van der Waals surface area (Å²) in [4.78, 5) is 23.2. The minimum atomic E-state index is -0.635. The summed E-state index contributed by atoms with van der Waals surface area (Å²) >= 11 is 0. The molecular formula is C15H22N2O4. The number of aliphatic hydroxyl groups is 1. The van der Waals surface area contributed by atoms with Crippen molar-refractivity contribution in [2.45, 2.75) is 32.2 Å². The number of benzene rings is 1. The Balaban J connectivity index is 2.68. The van der Waals surface area contributed by atoms with Gasteiger partial charge in [-0.2, -0.15) is 0 Å². The van der Waals surface area contributed by atoms with E-state index in [1.807, 2.05) is 13.8 Å². The third kappa shape index (κ3) is 4.46. The highest BCUT2D eigenvalue weighted by Gasteiger charge is 2.27. The van der Waals surface area contributed by atoms with Crippen LogP contribution in [0.15, 0.2) is 24.3 Å². The molecule has 0 saturated heterocycles. The summed E-state index contributed by atoms with van der Waals surface area (Å²) in [6, 6.07) is 6.46. The van der Waals surface area contributed by atoms with Gasteiger partial charge in [-0.25, -0.2) is 0 Å². The lowest BCUT2D eigenvalue weighted by molar-refractivity contribution is -0.125. The summed E-state index contributed by atoms with van der Waals surface area (Å²) in [7, 11) is 0. The van der Waals surface area contributed by atoms with E-state index < -0.39 is 11.4 Å². The van der Waals surface area contributed by atoms with Crippen LogP contribution in [0.4, 0.5) is 0 Å². The van der Waals surface area contributed by atoms with Crippen LogP contribution in [0.1, 0.15) is 37.0 Å². The summed E-state index contributed by atoms with van der Waals surface area (Å²) in [6.45, 7) is 3.40. The van der Waals surface area contributed by atoms with Crippen molar-refractivity contribution in [1.82, 2.24) is 5.32 Å². The molecule has 0 fully saturated rings. The molecular weight excluding hydrogens is 272 g/mol. The van der Waals surface area contributed by atoms with Gasteiger partial charge in [-0.05, 0) is 25.0 Å². The predicted molar refractivity (Wildman–Crippen MR) is 79.0 cm³/mol. The topological polar surface area (TPSA) is 102 Å². The lowest BCUT2D eigenvalue weighted by atomic mass is 9.94. The van der Waals surface area contributed by atoms with Crippen LogP contribution in [0.25, 0.3) is 0 Å². The fraction of sp³-hybridized carbons (Fsp3) is 0.467. The van der Waals surface area contributed by atoms with Crippen molar-refractivity contribution in [3.8, 4) is 5.75 Å². The molecule has 0 atom stereocenters. The molecule has 0 aliphatic heterocycles. The van der Waals surface area contributed by atoms with Gasteiger partial charge < -0.3 is 20.9 Å². The number of rotatable bonds is 8. The number of amides is 2. The number of carbonyl (C=O) groups is 2.